The Morgan fingerprint density at radius 2 is 1.81 bits per heavy atom. The SMILES string of the molecule is CN1CCN(c2cccc(Nc3nc(-c4cc5ccccc5s4)c4cc[nH]c4n3)c2)CC1. The van der Waals surface area contributed by atoms with Crippen LogP contribution in [0.1, 0.15) is 0 Å². The molecular formula is C25H24N6S. The van der Waals surface area contributed by atoms with Crippen molar-refractivity contribution >= 4 is 49.8 Å². The first kappa shape index (κ1) is 19.3. The van der Waals surface area contributed by atoms with Gasteiger partial charge in [-0.05, 0) is 48.8 Å². The van der Waals surface area contributed by atoms with Gasteiger partial charge in [0, 0.05) is 53.8 Å². The lowest BCUT2D eigenvalue weighted by Crippen LogP contribution is -2.44. The molecule has 1 aliphatic rings. The molecule has 160 valence electrons. The van der Waals surface area contributed by atoms with Crippen molar-refractivity contribution < 1.29 is 0 Å². The molecule has 0 aliphatic carbocycles. The number of likely N-dealkylation sites (N-methyl/N-ethyl adjacent to an activating group) is 1. The Hall–Kier alpha value is -3.42. The number of hydrogen-bond acceptors (Lipinski definition) is 6. The van der Waals surface area contributed by atoms with Crippen molar-refractivity contribution in [3.63, 3.8) is 0 Å². The quantitative estimate of drug-likeness (QED) is 0.395. The Bertz CT molecular complexity index is 1360. The standard InChI is InChI=1S/C25H24N6S/c1-30-11-13-31(14-12-30)19-7-4-6-18(16-19)27-25-28-23(20-9-10-26-24(20)29-25)22-15-17-5-2-3-8-21(17)32-22/h2-10,15-16H,11-14H2,1H3,(H2,26,27,28,29). The van der Waals surface area contributed by atoms with Crippen LogP contribution in [0.15, 0.2) is 66.9 Å². The number of aromatic amines is 1. The normalized spacial score (nSPS) is 15.0. The second-order valence-corrected chi connectivity index (χ2v) is 9.33. The number of anilines is 3. The van der Waals surface area contributed by atoms with E-state index in [1.54, 1.807) is 11.3 Å². The maximum Gasteiger partial charge on any atom is 0.229 e. The number of H-pyrrole nitrogens is 1. The van der Waals surface area contributed by atoms with Crippen molar-refractivity contribution in [3.05, 3.63) is 66.9 Å². The minimum Gasteiger partial charge on any atom is -0.369 e. The van der Waals surface area contributed by atoms with E-state index in [2.05, 4.69) is 81.7 Å². The van der Waals surface area contributed by atoms with Crippen LogP contribution < -0.4 is 10.2 Å². The summed E-state index contributed by atoms with van der Waals surface area (Å²) in [6.07, 6.45) is 1.92. The molecule has 1 fully saturated rings. The lowest BCUT2D eigenvalue weighted by atomic mass is 10.2. The van der Waals surface area contributed by atoms with Gasteiger partial charge < -0.3 is 20.1 Å². The molecule has 32 heavy (non-hydrogen) atoms. The van der Waals surface area contributed by atoms with E-state index in [0.29, 0.717) is 5.95 Å². The van der Waals surface area contributed by atoms with Crippen LogP contribution in [0.25, 0.3) is 31.7 Å². The lowest BCUT2D eigenvalue weighted by Gasteiger charge is -2.34. The van der Waals surface area contributed by atoms with Crippen LogP contribution in [0, 0.1) is 0 Å². The molecule has 2 aromatic carbocycles. The topological polar surface area (TPSA) is 60.1 Å². The van der Waals surface area contributed by atoms with Crippen molar-refractivity contribution in [2.24, 2.45) is 0 Å². The number of rotatable bonds is 4. The van der Waals surface area contributed by atoms with E-state index in [-0.39, 0.29) is 0 Å². The highest BCUT2D eigenvalue weighted by atomic mass is 32.1. The van der Waals surface area contributed by atoms with Crippen LogP contribution >= 0.6 is 11.3 Å². The van der Waals surface area contributed by atoms with Crippen molar-refractivity contribution in [1.29, 1.82) is 0 Å². The number of nitrogens with one attached hydrogen (secondary N) is 2. The predicted octanol–water partition coefficient (Wildman–Crippen LogP) is 5.34. The summed E-state index contributed by atoms with van der Waals surface area (Å²) in [4.78, 5) is 18.9. The van der Waals surface area contributed by atoms with Gasteiger partial charge in [0.15, 0.2) is 0 Å². The summed E-state index contributed by atoms with van der Waals surface area (Å²) >= 11 is 1.76. The molecule has 0 atom stereocenters. The zero-order chi connectivity index (χ0) is 21.5. The van der Waals surface area contributed by atoms with Gasteiger partial charge in [-0.3, -0.25) is 0 Å². The van der Waals surface area contributed by atoms with Crippen molar-refractivity contribution in [1.82, 2.24) is 19.9 Å². The van der Waals surface area contributed by atoms with Crippen LogP contribution in [-0.2, 0) is 0 Å². The fourth-order valence-electron chi connectivity index (χ4n) is 4.26. The number of benzene rings is 2. The molecule has 0 bridgehead atoms. The Morgan fingerprint density at radius 3 is 2.69 bits per heavy atom. The summed E-state index contributed by atoms with van der Waals surface area (Å²) < 4.78 is 1.26. The van der Waals surface area contributed by atoms with E-state index in [0.717, 1.165) is 53.5 Å². The molecule has 3 aromatic heterocycles. The average Bonchev–Trinajstić information content (AvgIpc) is 3.46. The van der Waals surface area contributed by atoms with Crippen molar-refractivity contribution in [3.8, 4) is 10.6 Å². The second kappa shape index (κ2) is 7.93. The molecule has 1 saturated heterocycles. The van der Waals surface area contributed by atoms with Gasteiger partial charge in [-0.2, -0.15) is 4.98 Å². The van der Waals surface area contributed by atoms with Crippen molar-refractivity contribution in [2.45, 2.75) is 0 Å². The Labute approximate surface area is 190 Å². The first-order valence-corrected chi connectivity index (χ1v) is 11.7. The van der Waals surface area contributed by atoms with E-state index >= 15 is 0 Å². The van der Waals surface area contributed by atoms with E-state index in [1.165, 1.54) is 15.8 Å². The van der Waals surface area contributed by atoms with Crippen LogP contribution in [0.5, 0.6) is 0 Å². The van der Waals surface area contributed by atoms with Gasteiger partial charge in [-0.15, -0.1) is 11.3 Å². The minimum atomic E-state index is 0.600. The van der Waals surface area contributed by atoms with Crippen LogP contribution in [-0.4, -0.2) is 53.1 Å². The van der Waals surface area contributed by atoms with Gasteiger partial charge in [-0.1, -0.05) is 24.3 Å². The van der Waals surface area contributed by atoms with Gasteiger partial charge in [0.05, 0.1) is 10.6 Å². The first-order chi connectivity index (χ1) is 15.7. The molecule has 1 aliphatic heterocycles. The zero-order valence-corrected chi connectivity index (χ0v) is 18.7. The molecule has 2 N–H and O–H groups in total. The van der Waals surface area contributed by atoms with Crippen LogP contribution in [0.4, 0.5) is 17.3 Å². The summed E-state index contributed by atoms with van der Waals surface area (Å²) in [5, 5.41) is 5.72. The Morgan fingerprint density at radius 1 is 0.938 bits per heavy atom. The molecule has 0 unspecified atom stereocenters. The number of fused-ring (bicyclic) bond motifs is 2. The molecule has 0 saturated carbocycles. The first-order valence-electron chi connectivity index (χ1n) is 10.9. The highest BCUT2D eigenvalue weighted by Gasteiger charge is 2.16. The van der Waals surface area contributed by atoms with Crippen molar-refractivity contribution in [2.75, 3.05) is 43.4 Å². The average molecular weight is 441 g/mol. The summed E-state index contributed by atoms with van der Waals surface area (Å²) in [6.45, 7) is 4.26. The van der Waals surface area contributed by atoms with Crippen LogP contribution in [0.2, 0.25) is 0 Å². The minimum absolute atomic E-state index is 0.600. The van der Waals surface area contributed by atoms with Gasteiger partial charge in [0.2, 0.25) is 5.95 Å². The summed E-state index contributed by atoms with van der Waals surface area (Å²) in [5.74, 6) is 0.600. The number of piperazine rings is 1. The highest BCUT2D eigenvalue weighted by molar-refractivity contribution is 7.22. The van der Waals surface area contributed by atoms with Gasteiger partial charge in [0.1, 0.15) is 5.65 Å². The highest BCUT2D eigenvalue weighted by Crippen LogP contribution is 2.36. The number of aromatic nitrogens is 3. The fraction of sp³-hybridized carbons (Fsp3) is 0.200. The zero-order valence-electron chi connectivity index (χ0n) is 17.9. The predicted molar refractivity (Wildman–Crippen MR) is 134 cm³/mol. The third-order valence-electron chi connectivity index (χ3n) is 6.05. The molecule has 5 aromatic rings. The van der Waals surface area contributed by atoms with E-state index in [9.17, 15) is 0 Å². The Kier molecular flexibility index (Phi) is 4.78. The monoisotopic (exact) mass is 440 g/mol. The number of hydrogen-bond donors (Lipinski definition) is 2. The molecule has 0 radical (unpaired) electrons. The Balaban J connectivity index is 1.35. The third kappa shape index (κ3) is 3.59. The summed E-state index contributed by atoms with van der Waals surface area (Å²) in [6, 6.07) is 21.2. The largest absolute Gasteiger partial charge is 0.369 e. The maximum atomic E-state index is 4.93. The lowest BCUT2D eigenvalue weighted by molar-refractivity contribution is 0.313. The molecule has 0 amide bonds. The fourth-order valence-corrected chi connectivity index (χ4v) is 5.32. The second-order valence-electron chi connectivity index (χ2n) is 8.25. The molecule has 4 heterocycles. The molecule has 6 rings (SSSR count). The summed E-state index contributed by atoms with van der Waals surface area (Å²) in [7, 11) is 2.18. The molecule has 7 heteroatoms. The van der Waals surface area contributed by atoms with Gasteiger partial charge in [0.25, 0.3) is 0 Å². The number of thiophene rings is 1. The van der Waals surface area contributed by atoms with E-state index < -0.39 is 0 Å². The van der Waals surface area contributed by atoms with E-state index in [1.807, 2.05) is 12.3 Å². The maximum absolute atomic E-state index is 4.93. The smallest absolute Gasteiger partial charge is 0.229 e. The van der Waals surface area contributed by atoms with Gasteiger partial charge >= 0.3 is 0 Å². The summed E-state index contributed by atoms with van der Waals surface area (Å²) in [5.41, 5.74) is 4.02. The molecular weight excluding hydrogens is 416 g/mol. The third-order valence-corrected chi connectivity index (χ3v) is 7.17. The number of nitrogens with zero attached hydrogens (tertiary/aromatic N) is 4. The van der Waals surface area contributed by atoms with Gasteiger partial charge in [-0.25, -0.2) is 4.98 Å². The molecule has 0 spiro atoms. The van der Waals surface area contributed by atoms with Crippen LogP contribution in [0.3, 0.4) is 0 Å². The van der Waals surface area contributed by atoms with E-state index in [4.69, 9.17) is 9.97 Å². The molecule has 6 nitrogen and oxygen atoms in total.